The number of carbonyl (C=O) groups excluding carboxylic acids is 9. The van der Waals surface area contributed by atoms with Crippen molar-refractivity contribution in [2.24, 2.45) is 0 Å². The number of carbonyl (C=O) groups is 9. The Kier molecular flexibility index (Phi) is 21.6. The van der Waals surface area contributed by atoms with Crippen LogP contribution in [0.25, 0.3) is 33.4 Å². The summed E-state index contributed by atoms with van der Waals surface area (Å²) >= 11 is 0. The highest BCUT2D eigenvalue weighted by atomic mass is 16.7. The molecule has 0 radical (unpaired) electrons. The SMILES string of the molecule is CC(=O)OCOC(=O)CN(CC(=O)OCOC(C)=O)c1ccc(-c2c3ccc(=O)cc-3oc3cc(OCOC(C)=O)ccc23)cc1OCCOC1C=CC=CC1N(CC(=O)OCOC(C)=O)CC(=O)OCOC(C)=O. The summed E-state index contributed by atoms with van der Waals surface area (Å²) in [5.41, 5.74) is 1.47. The lowest BCUT2D eigenvalue weighted by molar-refractivity contribution is -0.170. The minimum atomic E-state index is -0.956. The zero-order valence-electron chi connectivity index (χ0n) is 41.2. The lowest BCUT2D eigenvalue weighted by Gasteiger charge is -2.33. The van der Waals surface area contributed by atoms with Crippen molar-refractivity contribution < 1.29 is 104 Å². The van der Waals surface area contributed by atoms with Crippen LogP contribution in [0.5, 0.6) is 11.5 Å². The number of allylic oxidation sites excluding steroid dienone is 2. The molecule has 0 saturated carbocycles. The van der Waals surface area contributed by atoms with Gasteiger partial charge < -0.3 is 66.2 Å². The van der Waals surface area contributed by atoms with Gasteiger partial charge in [0.15, 0.2) is 5.43 Å². The Labute approximate surface area is 426 Å². The Morgan fingerprint density at radius 2 is 1.07 bits per heavy atom. The lowest BCUT2D eigenvalue weighted by atomic mass is 9.93. The normalized spacial score (nSPS) is 13.5. The van der Waals surface area contributed by atoms with Gasteiger partial charge in [0.05, 0.1) is 37.5 Å². The van der Waals surface area contributed by atoms with Crippen molar-refractivity contribution in [2.75, 3.05) is 78.3 Å². The summed E-state index contributed by atoms with van der Waals surface area (Å²) in [6.07, 6.45) is 5.70. The number of hydrogen-bond acceptors (Lipinski definition) is 25. The number of esters is 9. The van der Waals surface area contributed by atoms with E-state index in [4.69, 9.17) is 61.3 Å². The predicted molar refractivity (Wildman–Crippen MR) is 254 cm³/mol. The number of rotatable bonds is 27. The number of nitrogens with zero attached hydrogens (tertiary/aromatic N) is 2. The largest absolute Gasteiger partial charge is 0.489 e. The average molecular weight is 1050 g/mol. The smallest absolute Gasteiger partial charge is 0.328 e. The van der Waals surface area contributed by atoms with E-state index < -0.39 is 126 Å². The molecule has 1 aliphatic heterocycles. The molecule has 25 heteroatoms. The fourth-order valence-corrected chi connectivity index (χ4v) is 6.90. The first-order valence-electron chi connectivity index (χ1n) is 22.5. The van der Waals surface area contributed by atoms with Crippen molar-refractivity contribution in [3.05, 3.63) is 89.1 Å². The second-order valence-corrected chi connectivity index (χ2v) is 15.7. The Hall–Kier alpha value is -8.84. The van der Waals surface area contributed by atoms with Crippen LogP contribution in [0.15, 0.2) is 88.1 Å². The third kappa shape index (κ3) is 18.6. The van der Waals surface area contributed by atoms with Crippen LogP contribution in [-0.2, 0) is 90.5 Å². The molecule has 2 aliphatic carbocycles. The molecule has 75 heavy (non-hydrogen) atoms. The molecule has 5 rings (SSSR count). The first kappa shape index (κ1) is 57.1. The maximum atomic E-state index is 13.2. The van der Waals surface area contributed by atoms with Gasteiger partial charge in [-0.1, -0.05) is 30.4 Å². The van der Waals surface area contributed by atoms with Crippen molar-refractivity contribution >= 4 is 70.4 Å². The number of hydrogen-bond donors (Lipinski definition) is 0. The van der Waals surface area contributed by atoms with Crippen LogP contribution in [-0.4, -0.2) is 144 Å². The van der Waals surface area contributed by atoms with Gasteiger partial charge in [-0.15, -0.1) is 0 Å². The number of benzene rings is 3. The van der Waals surface area contributed by atoms with E-state index in [1.165, 1.54) is 41.0 Å². The summed E-state index contributed by atoms with van der Waals surface area (Å²) in [6, 6.07) is 12.9. The third-order valence-electron chi connectivity index (χ3n) is 10.1. The van der Waals surface area contributed by atoms with Gasteiger partial charge in [-0.2, -0.15) is 0 Å². The first-order chi connectivity index (χ1) is 35.9. The summed E-state index contributed by atoms with van der Waals surface area (Å²) in [4.78, 5) is 124. The van der Waals surface area contributed by atoms with Crippen molar-refractivity contribution in [3.8, 4) is 33.9 Å². The molecular formula is C50H52N2O23. The monoisotopic (exact) mass is 1050 g/mol. The van der Waals surface area contributed by atoms with Crippen molar-refractivity contribution in [2.45, 2.75) is 46.8 Å². The Bertz CT molecular complexity index is 2750. The van der Waals surface area contributed by atoms with Gasteiger partial charge in [-0.25, -0.2) is 0 Å². The van der Waals surface area contributed by atoms with Crippen LogP contribution in [0.4, 0.5) is 5.69 Å². The molecule has 25 nitrogen and oxygen atoms in total. The molecule has 2 atom stereocenters. The highest BCUT2D eigenvalue weighted by Gasteiger charge is 2.31. The molecule has 0 amide bonds. The first-order valence-corrected chi connectivity index (χ1v) is 22.5. The van der Waals surface area contributed by atoms with E-state index >= 15 is 0 Å². The fraction of sp³-hybridized carbons (Fsp3) is 0.360. The van der Waals surface area contributed by atoms with Gasteiger partial charge in [0, 0.05) is 63.3 Å². The maximum absolute atomic E-state index is 13.2. The van der Waals surface area contributed by atoms with Gasteiger partial charge in [0.25, 0.3) is 0 Å². The lowest BCUT2D eigenvalue weighted by Crippen LogP contribution is -2.49. The highest BCUT2D eigenvalue weighted by molar-refractivity contribution is 6.02. The minimum absolute atomic E-state index is 0.0313. The van der Waals surface area contributed by atoms with Crippen LogP contribution in [0.1, 0.15) is 34.6 Å². The third-order valence-corrected chi connectivity index (χ3v) is 10.1. The number of fused-ring (bicyclic) bond motifs is 2. The fourth-order valence-electron chi connectivity index (χ4n) is 6.90. The molecule has 3 aliphatic rings. The molecule has 0 saturated heterocycles. The van der Waals surface area contributed by atoms with Crippen LogP contribution < -0.4 is 19.8 Å². The second kappa shape index (κ2) is 28.4. The second-order valence-electron chi connectivity index (χ2n) is 15.7. The van der Waals surface area contributed by atoms with Gasteiger partial charge >= 0.3 is 53.7 Å². The molecule has 0 bridgehead atoms. The van der Waals surface area contributed by atoms with E-state index in [9.17, 15) is 47.9 Å². The van der Waals surface area contributed by atoms with Crippen LogP contribution in [0.3, 0.4) is 0 Å². The molecule has 0 spiro atoms. The quantitative estimate of drug-likeness (QED) is 0.0272. The molecular weight excluding hydrogens is 997 g/mol. The van der Waals surface area contributed by atoms with Crippen molar-refractivity contribution in [1.82, 2.24) is 4.90 Å². The van der Waals surface area contributed by atoms with Gasteiger partial charge in [-0.05, 0) is 42.0 Å². The van der Waals surface area contributed by atoms with E-state index in [-0.39, 0.29) is 47.2 Å². The van der Waals surface area contributed by atoms with E-state index in [1.54, 1.807) is 54.6 Å². The van der Waals surface area contributed by atoms with Crippen LogP contribution in [0, 0.1) is 0 Å². The van der Waals surface area contributed by atoms with Crippen LogP contribution >= 0.6 is 0 Å². The molecule has 0 fully saturated rings. The Balaban J connectivity index is 1.52. The summed E-state index contributed by atoms with van der Waals surface area (Å²) in [5.74, 6) is -6.64. The molecule has 2 aromatic carbocycles. The molecule has 0 aromatic heterocycles. The van der Waals surface area contributed by atoms with E-state index in [0.29, 0.717) is 22.1 Å². The summed E-state index contributed by atoms with van der Waals surface area (Å²) in [6.45, 7) is -0.400. The molecule has 400 valence electrons. The van der Waals surface area contributed by atoms with Crippen molar-refractivity contribution in [3.63, 3.8) is 0 Å². The van der Waals surface area contributed by atoms with Crippen molar-refractivity contribution in [1.29, 1.82) is 0 Å². The Morgan fingerprint density at radius 1 is 0.533 bits per heavy atom. The Morgan fingerprint density at radius 3 is 1.63 bits per heavy atom. The number of anilines is 1. The summed E-state index contributed by atoms with van der Waals surface area (Å²) < 4.78 is 68.5. The summed E-state index contributed by atoms with van der Waals surface area (Å²) in [5, 5.41) is 0.515. The van der Waals surface area contributed by atoms with Crippen LogP contribution in [0.2, 0.25) is 0 Å². The topological polar surface area (TPSA) is 301 Å². The molecule has 2 unspecified atom stereocenters. The van der Waals surface area contributed by atoms with E-state index in [0.717, 1.165) is 27.7 Å². The standard InChI is InChI=1S/C50H52N2O23/c1-30(53)65-25-70-37-12-14-39-44(20-37)75-43-19-36(58)11-13-38(43)50(39)35-10-15-41(52(23-48(61)73-28-68-33(4)56)24-49(62)74-29-69-34(5)57)45(18-35)64-17-16-63-42-9-7-6-8-40(42)51(21-46(59)71-26-66-31(2)54)22-47(60)72-27-67-32(3)55/h6-15,18-20,40,42H,16-17,21-29H2,1-5H3. The van der Waals surface area contributed by atoms with E-state index in [2.05, 4.69) is 0 Å². The zero-order chi connectivity index (χ0) is 54.4. The molecule has 0 N–H and O–H groups in total. The van der Waals surface area contributed by atoms with Gasteiger partial charge in [0.2, 0.25) is 34.0 Å². The summed E-state index contributed by atoms with van der Waals surface area (Å²) in [7, 11) is 0. The molecule has 1 heterocycles. The molecule has 2 aromatic rings. The highest BCUT2D eigenvalue weighted by Crippen LogP contribution is 2.43. The maximum Gasteiger partial charge on any atom is 0.328 e. The average Bonchev–Trinajstić information content (AvgIpc) is 3.33. The minimum Gasteiger partial charge on any atom is -0.489 e. The predicted octanol–water partition coefficient (Wildman–Crippen LogP) is 3.09. The number of ether oxygens (including phenoxy) is 12. The zero-order valence-corrected chi connectivity index (χ0v) is 41.2. The van der Waals surface area contributed by atoms with Gasteiger partial charge in [0.1, 0.15) is 42.5 Å². The van der Waals surface area contributed by atoms with Gasteiger partial charge in [-0.3, -0.25) is 52.8 Å². The van der Waals surface area contributed by atoms with E-state index in [1.807, 2.05) is 0 Å².